The zero-order chi connectivity index (χ0) is 13.8. The third kappa shape index (κ3) is 3.46. The lowest BCUT2D eigenvalue weighted by Gasteiger charge is -2.33. The molecule has 0 aliphatic carbocycles. The second kappa shape index (κ2) is 6.04. The Balaban J connectivity index is 1.94. The smallest absolute Gasteiger partial charge is 0.320 e. The topological polar surface area (TPSA) is 23.6 Å². The molecule has 0 N–H and O–H groups in total. The predicted octanol–water partition coefficient (Wildman–Crippen LogP) is 3.11. The summed E-state index contributed by atoms with van der Waals surface area (Å²) in [6.45, 7) is 4.14. The van der Waals surface area contributed by atoms with E-state index in [9.17, 15) is 9.18 Å². The Morgan fingerprint density at radius 2 is 2.00 bits per heavy atom. The molecule has 19 heavy (non-hydrogen) atoms. The van der Waals surface area contributed by atoms with Gasteiger partial charge in [0.1, 0.15) is 5.82 Å². The van der Waals surface area contributed by atoms with Gasteiger partial charge in [0.2, 0.25) is 0 Å². The lowest BCUT2D eigenvalue weighted by Crippen LogP contribution is -2.44. The first-order chi connectivity index (χ1) is 9.08. The summed E-state index contributed by atoms with van der Waals surface area (Å²) < 4.78 is 13.6. The molecule has 0 unspecified atom stereocenters. The van der Waals surface area contributed by atoms with E-state index in [1.807, 2.05) is 4.90 Å². The Hall–Kier alpha value is -1.58. The molecule has 0 spiro atoms. The molecule has 0 saturated carbocycles. The lowest BCUT2D eigenvalue weighted by molar-refractivity contribution is 0.141. The van der Waals surface area contributed by atoms with Crippen LogP contribution in [-0.4, -0.2) is 36.0 Å². The monoisotopic (exact) mass is 264 g/mol. The van der Waals surface area contributed by atoms with Crippen LogP contribution in [-0.2, 0) is 6.54 Å². The maximum absolute atomic E-state index is 13.6. The van der Waals surface area contributed by atoms with Gasteiger partial charge in [0.05, 0.1) is 0 Å². The Morgan fingerprint density at radius 1 is 1.37 bits per heavy atom. The van der Waals surface area contributed by atoms with Crippen LogP contribution in [0.3, 0.4) is 0 Å². The zero-order valence-corrected chi connectivity index (χ0v) is 11.6. The van der Waals surface area contributed by atoms with Crippen molar-refractivity contribution in [2.45, 2.75) is 26.3 Å². The Labute approximate surface area is 114 Å². The van der Waals surface area contributed by atoms with Crippen molar-refractivity contribution in [3.8, 4) is 0 Å². The molecule has 1 aliphatic rings. The first-order valence-corrected chi connectivity index (χ1v) is 6.81. The van der Waals surface area contributed by atoms with Gasteiger partial charge in [0, 0.05) is 32.2 Å². The van der Waals surface area contributed by atoms with Crippen LogP contribution in [0.2, 0.25) is 0 Å². The summed E-state index contributed by atoms with van der Waals surface area (Å²) in [4.78, 5) is 15.7. The number of halogens is 1. The van der Waals surface area contributed by atoms with E-state index in [1.165, 1.54) is 6.07 Å². The van der Waals surface area contributed by atoms with Crippen molar-refractivity contribution in [3.63, 3.8) is 0 Å². The van der Waals surface area contributed by atoms with Gasteiger partial charge in [-0.3, -0.25) is 0 Å². The molecule has 0 atom stereocenters. The molecule has 0 bridgehead atoms. The predicted molar refractivity (Wildman–Crippen MR) is 73.2 cm³/mol. The molecule has 1 aromatic rings. The third-order valence-corrected chi connectivity index (χ3v) is 3.75. The molecule has 3 nitrogen and oxygen atoms in total. The van der Waals surface area contributed by atoms with Gasteiger partial charge in [-0.1, -0.05) is 25.1 Å². The van der Waals surface area contributed by atoms with Gasteiger partial charge in [0.25, 0.3) is 0 Å². The molecular weight excluding hydrogens is 243 g/mol. The second-order valence-electron chi connectivity index (χ2n) is 5.40. The Kier molecular flexibility index (Phi) is 4.40. The molecule has 104 valence electrons. The summed E-state index contributed by atoms with van der Waals surface area (Å²) in [7, 11) is 1.73. The summed E-state index contributed by atoms with van der Waals surface area (Å²) in [5, 5.41) is 0. The quantitative estimate of drug-likeness (QED) is 0.805. The van der Waals surface area contributed by atoms with Gasteiger partial charge < -0.3 is 9.80 Å². The normalized spacial score (nSPS) is 16.5. The van der Waals surface area contributed by atoms with Crippen LogP contribution < -0.4 is 0 Å². The number of amides is 2. The van der Waals surface area contributed by atoms with E-state index in [-0.39, 0.29) is 11.8 Å². The van der Waals surface area contributed by atoms with E-state index >= 15 is 0 Å². The number of piperidine rings is 1. The maximum Gasteiger partial charge on any atom is 0.320 e. The summed E-state index contributed by atoms with van der Waals surface area (Å²) in [5.41, 5.74) is 0.559. The molecular formula is C15H21FN2O. The van der Waals surface area contributed by atoms with Crippen LogP contribution in [0.4, 0.5) is 9.18 Å². The average molecular weight is 264 g/mol. The first-order valence-electron chi connectivity index (χ1n) is 6.81. The van der Waals surface area contributed by atoms with E-state index in [4.69, 9.17) is 0 Å². The van der Waals surface area contributed by atoms with Gasteiger partial charge in [-0.05, 0) is 24.8 Å². The number of rotatable bonds is 2. The molecule has 1 saturated heterocycles. The fourth-order valence-corrected chi connectivity index (χ4v) is 2.39. The number of urea groups is 1. The summed E-state index contributed by atoms with van der Waals surface area (Å²) in [6, 6.07) is 6.59. The molecule has 4 heteroatoms. The number of carbonyl (C=O) groups is 1. The van der Waals surface area contributed by atoms with E-state index < -0.39 is 0 Å². The van der Waals surface area contributed by atoms with Crippen LogP contribution in [0, 0.1) is 11.7 Å². The molecule has 2 rings (SSSR count). The number of nitrogens with zero attached hydrogens (tertiary/aromatic N) is 2. The fourth-order valence-electron chi connectivity index (χ4n) is 2.39. The number of hydrogen-bond donors (Lipinski definition) is 0. The molecule has 1 aliphatic heterocycles. The van der Waals surface area contributed by atoms with E-state index in [0.717, 1.165) is 25.9 Å². The van der Waals surface area contributed by atoms with Gasteiger partial charge in [-0.2, -0.15) is 0 Å². The minimum atomic E-state index is -0.255. The van der Waals surface area contributed by atoms with Crippen molar-refractivity contribution in [2.75, 3.05) is 20.1 Å². The number of benzene rings is 1. The first kappa shape index (κ1) is 13.8. The van der Waals surface area contributed by atoms with E-state index in [1.54, 1.807) is 30.1 Å². The highest BCUT2D eigenvalue weighted by Crippen LogP contribution is 2.18. The maximum atomic E-state index is 13.6. The van der Waals surface area contributed by atoms with Gasteiger partial charge in [0.15, 0.2) is 0 Å². The van der Waals surface area contributed by atoms with E-state index in [0.29, 0.717) is 18.0 Å². The molecule has 1 fully saturated rings. The summed E-state index contributed by atoms with van der Waals surface area (Å²) in [5.74, 6) is 0.440. The van der Waals surface area contributed by atoms with Crippen molar-refractivity contribution in [3.05, 3.63) is 35.6 Å². The van der Waals surface area contributed by atoms with Gasteiger partial charge in [-0.15, -0.1) is 0 Å². The van der Waals surface area contributed by atoms with Crippen molar-refractivity contribution < 1.29 is 9.18 Å². The number of likely N-dealkylation sites (tertiary alicyclic amines) is 1. The minimum Gasteiger partial charge on any atom is -0.325 e. The largest absolute Gasteiger partial charge is 0.325 e. The summed E-state index contributed by atoms with van der Waals surface area (Å²) in [6.07, 6.45) is 2.11. The highest BCUT2D eigenvalue weighted by atomic mass is 19.1. The van der Waals surface area contributed by atoms with Gasteiger partial charge >= 0.3 is 6.03 Å². The number of carbonyl (C=O) groups excluding carboxylic acids is 1. The highest BCUT2D eigenvalue weighted by molar-refractivity contribution is 5.74. The van der Waals surface area contributed by atoms with Crippen LogP contribution in [0.1, 0.15) is 25.3 Å². The second-order valence-corrected chi connectivity index (χ2v) is 5.40. The SMILES string of the molecule is CC1CCN(C(=O)N(C)Cc2ccccc2F)CC1. The van der Waals surface area contributed by atoms with Crippen molar-refractivity contribution in [1.29, 1.82) is 0 Å². The Morgan fingerprint density at radius 3 is 2.63 bits per heavy atom. The lowest BCUT2D eigenvalue weighted by atomic mass is 9.99. The molecule has 0 radical (unpaired) electrons. The van der Waals surface area contributed by atoms with Crippen LogP contribution in [0.25, 0.3) is 0 Å². The van der Waals surface area contributed by atoms with Crippen LogP contribution >= 0.6 is 0 Å². The molecule has 1 heterocycles. The molecule has 1 aromatic carbocycles. The fraction of sp³-hybridized carbons (Fsp3) is 0.533. The van der Waals surface area contributed by atoms with Crippen molar-refractivity contribution in [2.24, 2.45) is 5.92 Å². The zero-order valence-electron chi connectivity index (χ0n) is 11.6. The number of hydrogen-bond acceptors (Lipinski definition) is 1. The van der Waals surface area contributed by atoms with E-state index in [2.05, 4.69) is 6.92 Å². The molecule has 2 amide bonds. The van der Waals surface area contributed by atoms with Crippen molar-refractivity contribution >= 4 is 6.03 Å². The average Bonchev–Trinajstić information content (AvgIpc) is 2.41. The third-order valence-electron chi connectivity index (χ3n) is 3.75. The minimum absolute atomic E-state index is 0.00449. The van der Waals surface area contributed by atoms with Gasteiger partial charge in [-0.25, -0.2) is 9.18 Å². The highest BCUT2D eigenvalue weighted by Gasteiger charge is 2.23. The van der Waals surface area contributed by atoms with Crippen LogP contribution in [0.5, 0.6) is 0 Å². The standard InChI is InChI=1S/C15H21FN2O/c1-12-7-9-18(10-8-12)15(19)17(2)11-13-5-3-4-6-14(13)16/h3-6,12H,7-11H2,1-2H3. The van der Waals surface area contributed by atoms with Crippen molar-refractivity contribution in [1.82, 2.24) is 9.80 Å². The molecule has 0 aromatic heterocycles. The Bertz CT molecular complexity index is 442. The van der Waals surface area contributed by atoms with Crippen LogP contribution in [0.15, 0.2) is 24.3 Å². The summed E-state index contributed by atoms with van der Waals surface area (Å²) >= 11 is 0.